The van der Waals surface area contributed by atoms with Gasteiger partial charge in [-0.05, 0) is 213 Å². The van der Waals surface area contributed by atoms with Crippen molar-refractivity contribution in [1.82, 2.24) is 6.15 Å². The second kappa shape index (κ2) is 63.1. The van der Waals surface area contributed by atoms with Crippen molar-refractivity contribution in [2.45, 2.75) is 335 Å². The number of aliphatic hydroxyl groups is 12. The van der Waals surface area contributed by atoms with Gasteiger partial charge in [0.1, 0.15) is 24.4 Å². The minimum atomic E-state index is -1.35. The normalized spacial score (nSPS) is 28.7. The first-order chi connectivity index (χ1) is 57.0. The van der Waals surface area contributed by atoms with Crippen molar-refractivity contribution >= 4 is 47.8 Å². The van der Waals surface area contributed by atoms with Crippen LogP contribution in [0.4, 0.5) is 0 Å². The van der Waals surface area contributed by atoms with Crippen molar-refractivity contribution in [3.05, 3.63) is 107 Å². The first-order valence-electron chi connectivity index (χ1n) is 44.0. The van der Waals surface area contributed by atoms with E-state index in [0.29, 0.717) is 76.2 Å². The van der Waals surface area contributed by atoms with Crippen LogP contribution >= 0.6 is 0 Å². The molecule has 0 aliphatic heterocycles. The summed E-state index contributed by atoms with van der Waals surface area (Å²) in [5.41, 5.74) is 4.50. The molecular formula is C93H145NNa4O29. The Hall–Kier alpha value is -3.30. The molecule has 30 atom stereocenters. The largest absolute Gasteiger partial charge is 1.00 e. The molecule has 8 aliphatic rings. The van der Waals surface area contributed by atoms with Gasteiger partial charge in [-0.15, -0.1) is 0 Å². The van der Waals surface area contributed by atoms with E-state index in [2.05, 4.69) is 57.2 Å². The molecule has 0 aromatic carbocycles. The average Bonchev–Trinajstić information content (AvgIpc) is 0.823. The van der Waals surface area contributed by atoms with E-state index in [9.17, 15) is 120 Å². The summed E-state index contributed by atoms with van der Waals surface area (Å²) in [6.07, 6.45) is 20.0. The Labute approximate surface area is 839 Å². The van der Waals surface area contributed by atoms with Crippen LogP contribution in [-0.2, 0) is 57.3 Å². The molecule has 0 spiro atoms. The van der Waals surface area contributed by atoms with Gasteiger partial charge in [0.2, 0.25) is 0 Å². The predicted octanol–water partition coefficient (Wildman–Crippen LogP) is -7.00. The van der Waals surface area contributed by atoms with Crippen molar-refractivity contribution in [2.75, 3.05) is 0 Å². The van der Waals surface area contributed by atoms with Crippen LogP contribution in [-0.4, -0.2) is 206 Å². The maximum atomic E-state index is 12.6. The van der Waals surface area contributed by atoms with Gasteiger partial charge in [0.15, 0.2) is 0 Å². The molecule has 0 saturated heterocycles. The van der Waals surface area contributed by atoms with Crippen LogP contribution in [0.5, 0.6) is 0 Å². The summed E-state index contributed by atoms with van der Waals surface area (Å²) >= 11 is 0. The maximum Gasteiger partial charge on any atom is 1.00 e. The Morgan fingerprint density at radius 2 is 0.780 bits per heavy atom. The summed E-state index contributed by atoms with van der Waals surface area (Å²) in [6.45, 7) is 22.5. The van der Waals surface area contributed by atoms with Gasteiger partial charge in [-0.3, -0.25) is 14.4 Å². The van der Waals surface area contributed by atoms with Crippen molar-refractivity contribution < 1.29 is 263 Å². The summed E-state index contributed by atoms with van der Waals surface area (Å²) in [7, 11) is 0. The zero-order valence-electron chi connectivity index (χ0n) is 78.0. The molecule has 0 bridgehead atoms. The summed E-state index contributed by atoms with van der Waals surface area (Å²) in [5, 5.41) is 163. The molecule has 0 saturated carbocycles. The SMILES string of the molecule is C/C=C(\C)C(=O)O[C@H]1C[C@H](O)C=C2C=C[C@H](C)[C@H](CC[C@@H](O)C[C@@H](O)CC(=O)[O-])[C@H]21.CC(O)[C@H](C)C(=O)O[C@H]1CCC=C2C=C[C@H](C)[C@H](CC[C@@H](O)C[C@@H](O)CC(=O)[O-])[C@H]21.CCC[C@H](C)C(=O)O[C@H]1C[C@H](O)C=C2C=C[C@H](C)[C@H](CC[C@@H](O)C[C@@H](O)CC(=O)[O-])[C@H]21.CC[C@H](C)C(=O)O[C@H]1CCC=C2C=C(O)[C@H](C)[C@H](CC[C@@H](O)C[C@@H](O)CC(=O)[O-])[C@H]21.N.O.[Na+].[Na+].[Na+].[Na+]. The van der Waals surface area contributed by atoms with Crippen LogP contribution in [0.1, 0.15) is 244 Å². The van der Waals surface area contributed by atoms with Gasteiger partial charge in [-0.1, -0.05) is 129 Å². The number of esters is 4. The van der Waals surface area contributed by atoms with E-state index in [1.807, 2.05) is 52.8 Å². The topological polar surface area (TPSA) is 575 Å². The molecule has 34 heteroatoms. The molecule has 0 amide bonds. The van der Waals surface area contributed by atoms with E-state index in [-0.39, 0.29) is 268 Å². The number of carbonyl (C=O) groups is 8. The van der Waals surface area contributed by atoms with Gasteiger partial charge in [0.25, 0.3) is 0 Å². The quantitative estimate of drug-likeness (QED) is 0.0117. The third-order valence-electron chi connectivity index (χ3n) is 25.8. The number of carbonyl (C=O) groups excluding carboxylic acids is 8. The third-order valence-corrected chi connectivity index (χ3v) is 25.8. The van der Waals surface area contributed by atoms with Crippen LogP contribution in [0.2, 0.25) is 0 Å². The number of rotatable bonds is 40. The van der Waals surface area contributed by atoms with Crippen molar-refractivity contribution in [3.8, 4) is 0 Å². The minimum absolute atomic E-state index is 0. The molecule has 8 rings (SSSR count). The standard InChI is InChI=1S/C24H38O7.C23H36O7.C23H34O7.C23H36O7.H3N.4Na.H2O/c1-4-5-15(3)24(30)31-21-12-18(26)10-16-7-6-14(2)20(23(16)21)9-8-17(25)11-19(27)13-22(28)29;1-13-7-8-16-5-4-6-20(30-23(29)14(2)15(3)24)22(16)19(13)10-9-17(25)11-18(26)12-21(27)28;1-4-13(2)23(29)30-20-11-17(25)9-15-6-5-14(3)19(22(15)20)8-7-16(24)10-18(26)12-21(27)28;1-4-13(2)23(29)30-20-7-5-6-15-10-19(26)14(3)18(22(15)20)9-8-16(24)11-17(25)12-21(27)28;;;;;;/h6-7,10,14-15,17-21,23,25-27H,4-5,8-9,11-13H2,1-3H3,(H,28,29);5,7-8,13-15,17-20,22,24-26H,4,6,9-12H2,1-3H3,(H,27,28);4-6,9,14,16-20,22,24-26H,7-8,10-12H2,1-3H3,(H,27,28);6,10,13-14,16-18,20,22,24-26H,4-5,7-9,11-12H2,1-3H3,(H,27,28);1H3;;;;;1H2/q;;;;;4*+1;/p-4/b;;13-4+;;;;;;;/t14-,15-,17+,18+,19+,20-,21-,23-;13-,14-,15?,17+,18+,19-,20-,22-;14-,16+,17+,18+,19-,20-,22-;13-,14+,16+,17+,18-,20-,22-;;;;;;/m0000....../s1. The Morgan fingerprint density at radius 3 is 1.13 bits per heavy atom. The fraction of sp³-hybridized carbons (Fsp3) is 0.720. The van der Waals surface area contributed by atoms with E-state index in [1.165, 1.54) is 0 Å². The number of carboxylic acids is 4. The Balaban J connectivity index is 0. The fourth-order valence-corrected chi connectivity index (χ4v) is 18.4. The van der Waals surface area contributed by atoms with Crippen molar-refractivity contribution in [3.63, 3.8) is 0 Å². The van der Waals surface area contributed by atoms with Crippen molar-refractivity contribution in [2.24, 2.45) is 88.8 Å². The molecule has 8 aliphatic carbocycles. The fourth-order valence-electron chi connectivity index (χ4n) is 18.4. The van der Waals surface area contributed by atoms with Crippen LogP contribution in [0.25, 0.3) is 0 Å². The van der Waals surface area contributed by atoms with Gasteiger partial charge in [0.05, 0.1) is 90.7 Å². The molecule has 17 N–H and O–H groups in total. The first-order valence-corrected chi connectivity index (χ1v) is 44.0. The van der Waals surface area contributed by atoms with Crippen molar-refractivity contribution in [1.29, 1.82) is 0 Å². The molecule has 0 fully saturated rings. The van der Waals surface area contributed by atoms with Gasteiger partial charge in [-0.2, -0.15) is 0 Å². The molecule has 127 heavy (non-hydrogen) atoms. The van der Waals surface area contributed by atoms with Crippen LogP contribution in [0.15, 0.2) is 107 Å². The molecule has 0 radical (unpaired) electrons. The Morgan fingerprint density at radius 1 is 0.457 bits per heavy atom. The molecule has 30 nitrogen and oxygen atoms in total. The van der Waals surface area contributed by atoms with Crippen LogP contribution < -0.4 is 145 Å². The van der Waals surface area contributed by atoms with Crippen LogP contribution in [0, 0.1) is 88.8 Å². The van der Waals surface area contributed by atoms with Gasteiger partial charge in [0, 0.05) is 97.6 Å². The number of fused-ring (bicyclic) bond motifs is 4. The molecule has 0 heterocycles. The summed E-state index contributed by atoms with van der Waals surface area (Å²) in [4.78, 5) is 92.2. The number of allylic oxidation sites excluding steroid dienone is 11. The molecule has 1 unspecified atom stereocenters. The van der Waals surface area contributed by atoms with Gasteiger partial charge in [-0.25, -0.2) is 4.79 Å². The number of aliphatic hydroxyl groups excluding tert-OH is 12. The predicted molar refractivity (Wildman–Crippen MR) is 449 cm³/mol. The molecular weight excluding hydrogens is 1690 g/mol. The zero-order valence-corrected chi connectivity index (χ0v) is 86.0. The second-order valence-corrected chi connectivity index (χ2v) is 35.4. The summed E-state index contributed by atoms with van der Waals surface area (Å²) in [5.74, 6) is -6.82. The smallest absolute Gasteiger partial charge is 0.550 e. The first kappa shape index (κ1) is 126. The molecule has 0 aromatic rings. The minimum Gasteiger partial charge on any atom is -0.550 e. The molecule has 0 aromatic heterocycles. The number of hydrogen-bond acceptors (Lipinski definition) is 29. The second-order valence-electron chi connectivity index (χ2n) is 35.4. The number of ether oxygens (including phenoxy) is 4. The number of carboxylic acid groups (broad SMARTS) is 4. The van der Waals surface area contributed by atoms with Gasteiger partial charge >= 0.3 is 142 Å². The van der Waals surface area contributed by atoms with E-state index in [1.54, 1.807) is 45.9 Å². The number of hydrogen-bond donors (Lipinski definition) is 13. The summed E-state index contributed by atoms with van der Waals surface area (Å²) in [6, 6.07) is 0. The monoisotopic (exact) mass is 1830 g/mol. The van der Waals surface area contributed by atoms with Crippen LogP contribution in [0.3, 0.4) is 0 Å². The van der Waals surface area contributed by atoms with E-state index in [4.69, 9.17) is 18.9 Å². The Bertz CT molecular complexity index is 3660. The maximum absolute atomic E-state index is 12.6. The van der Waals surface area contributed by atoms with E-state index >= 15 is 0 Å². The number of aliphatic carboxylic acids is 4. The molecule has 700 valence electrons. The third kappa shape index (κ3) is 41.8. The van der Waals surface area contributed by atoms with E-state index < -0.39 is 147 Å². The average molecular weight is 1830 g/mol. The Kier molecular flexibility index (Phi) is 62.5. The van der Waals surface area contributed by atoms with E-state index in [0.717, 1.165) is 60.8 Å². The zero-order chi connectivity index (χ0) is 90.4. The summed E-state index contributed by atoms with van der Waals surface area (Å²) < 4.78 is 23.4. The van der Waals surface area contributed by atoms with Gasteiger partial charge < -0.3 is 131 Å².